The highest BCUT2D eigenvalue weighted by Crippen LogP contribution is 2.36. The Bertz CT molecular complexity index is 677. The molecule has 0 N–H and O–H groups in total. The second-order valence-corrected chi connectivity index (χ2v) is 7.53. The highest BCUT2D eigenvalue weighted by atomic mass is 79.9. The van der Waals surface area contributed by atoms with Crippen LogP contribution in [0.2, 0.25) is 0 Å². The van der Waals surface area contributed by atoms with E-state index in [4.69, 9.17) is 0 Å². The van der Waals surface area contributed by atoms with Gasteiger partial charge in [-0.3, -0.25) is 4.79 Å². The molecule has 0 atom stereocenters. The number of carbonyl (C=O) groups is 1. The van der Waals surface area contributed by atoms with Crippen molar-refractivity contribution in [3.05, 3.63) is 54.1 Å². The molecule has 0 amide bonds. The van der Waals surface area contributed by atoms with Gasteiger partial charge in [0.25, 0.3) is 0 Å². The summed E-state index contributed by atoms with van der Waals surface area (Å²) >= 11 is 7.48. The van der Waals surface area contributed by atoms with E-state index in [2.05, 4.69) is 31.9 Å². The first kappa shape index (κ1) is 15.7. The van der Waals surface area contributed by atoms with Crippen LogP contribution in [-0.4, -0.2) is 5.78 Å². The van der Waals surface area contributed by atoms with E-state index in [-0.39, 0.29) is 10.0 Å². The van der Waals surface area contributed by atoms with Crippen LogP contribution >= 0.6 is 43.2 Å². The second-order valence-electron chi connectivity index (χ2n) is 4.04. The number of ketones is 1. The van der Waals surface area contributed by atoms with E-state index in [9.17, 15) is 18.0 Å². The number of rotatable bonds is 2. The molecule has 1 heterocycles. The Morgan fingerprint density at radius 1 is 1.20 bits per heavy atom. The van der Waals surface area contributed by atoms with Gasteiger partial charge in [0, 0.05) is 20.5 Å². The van der Waals surface area contributed by atoms with Gasteiger partial charge in [-0.1, -0.05) is 15.9 Å². The molecule has 0 radical (unpaired) electrons. The molecular formula is C13H7Br2F3OS. The quantitative estimate of drug-likeness (QED) is 0.551. The molecule has 1 nitrogen and oxygen atoms in total. The van der Waals surface area contributed by atoms with Gasteiger partial charge < -0.3 is 0 Å². The number of hydrogen-bond donors (Lipinski definition) is 0. The van der Waals surface area contributed by atoms with Crippen LogP contribution in [0.5, 0.6) is 0 Å². The van der Waals surface area contributed by atoms with E-state index >= 15 is 0 Å². The fourth-order valence-electron chi connectivity index (χ4n) is 1.71. The van der Waals surface area contributed by atoms with Crippen molar-refractivity contribution in [3.8, 4) is 0 Å². The van der Waals surface area contributed by atoms with Crippen molar-refractivity contribution >= 4 is 49.0 Å². The SMILES string of the molecule is Cc1sc(Br)cc1C(=O)c1ccc(Br)c(C(F)(F)F)c1. The summed E-state index contributed by atoms with van der Waals surface area (Å²) in [4.78, 5) is 13.0. The van der Waals surface area contributed by atoms with Crippen molar-refractivity contribution in [2.45, 2.75) is 13.1 Å². The molecule has 0 saturated heterocycles. The Labute approximate surface area is 134 Å². The summed E-state index contributed by atoms with van der Waals surface area (Å²) in [7, 11) is 0. The smallest absolute Gasteiger partial charge is 0.289 e. The molecule has 20 heavy (non-hydrogen) atoms. The number of halogens is 5. The van der Waals surface area contributed by atoms with Crippen LogP contribution < -0.4 is 0 Å². The molecule has 0 aliphatic carbocycles. The molecule has 0 saturated carbocycles. The van der Waals surface area contributed by atoms with Gasteiger partial charge in [0.1, 0.15) is 0 Å². The van der Waals surface area contributed by atoms with Crippen LogP contribution in [0.1, 0.15) is 26.4 Å². The highest BCUT2D eigenvalue weighted by Gasteiger charge is 2.33. The van der Waals surface area contributed by atoms with Gasteiger partial charge in [0.05, 0.1) is 9.35 Å². The third kappa shape index (κ3) is 3.15. The van der Waals surface area contributed by atoms with Crippen LogP contribution in [-0.2, 0) is 6.18 Å². The standard InChI is InChI=1S/C13H7Br2F3OS/c1-6-8(5-11(15)20-6)12(19)7-2-3-10(14)9(4-7)13(16,17)18/h2-5H,1H3. The molecule has 0 bridgehead atoms. The third-order valence-electron chi connectivity index (χ3n) is 2.67. The van der Waals surface area contributed by atoms with Crippen LogP contribution in [0.15, 0.2) is 32.5 Å². The molecule has 2 aromatic rings. The van der Waals surface area contributed by atoms with Gasteiger partial charge in [-0.15, -0.1) is 11.3 Å². The minimum Gasteiger partial charge on any atom is -0.289 e. The molecule has 0 fully saturated rings. The number of alkyl halides is 3. The second kappa shape index (κ2) is 5.61. The lowest BCUT2D eigenvalue weighted by Gasteiger charge is -2.10. The molecule has 106 valence electrons. The monoisotopic (exact) mass is 426 g/mol. The first-order valence-corrected chi connectivity index (χ1v) is 7.78. The Kier molecular flexibility index (Phi) is 4.41. The van der Waals surface area contributed by atoms with E-state index < -0.39 is 17.5 Å². The summed E-state index contributed by atoms with van der Waals surface area (Å²) in [6.07, 6.45) is -4.50. The van der Waals surface area contributed by atoms with Crippen LogP contribution in [0.3, 0.4) is 0 Å². The third-order valence-corrected chi connectivity index (χ3v) is 4.91. The van der Waals surface area contributed by atoms with Gasteiger partial charge in [-0.2, -0.15) is 13.2 Å². The Morgan fingerprint density at radius 3 is 2.35 bits per heavy atom. The highest BCUT2D eigenvalue weighted by molar-refractivity contribution is 9.11. The lowest BCUT2D eigenvalue weighted by molar-refractivity contribution is -0.138. The van der Waals surface area contributed by atoms with Crippen molar-refractivity contribution in [3.63, 3.8) is 0 Å². The number of aryl methyl sites for hydroxylation is 1. The Hall–Kier alpha value is -0.660. The largest absolute Gasteiger partial charge is 0.417 e. The first-order chi connectivity index (χ1) is 9.20. The van der Waals surface area contributed by atoms with Crippen molar-refractivity contribution < 1.29 is 18.0 Å². The summed E-state index contributed by atoms with van der Waals surface area (Å²) in [5.41, 5.74) is -0.415. The zero-order valence-corrected chi connectivity index (χ0v) is 14.0. The fraction of sp³-hybridized carbons (Fsp3) is 0.154. The predicted octanol–water partition coefficient (Wildman–Crippen LogP) is 5.83. The van der Waals surface area contributed by atoms with Gasteiger partial charge >= 0.3 is 6.18 Å². The fourth-order valence-corrected chi connectivity index (χ4v) is 3.87. The Morgan fingerprint density at radius 2 is 1.85 bits per heavy atom. The average molecular weight is 428 g/mol. The minimum absolute atomic E-state index is 0.0222. The maximum Gasteiger partial charge on any atom is 0.417 e. The first-order valence-electron chi connectivity index (χ1n) is 5.37. The van der Waals surface area contributed by atoms with Crippen LogP contribution in [0, 0.1) is 6.92 Å². The number of hydrogen-bond acceptors (Lipinski definition) is 2. The maximum absolute atomic E-state index is 12.8. The molecule has 1 aromatic carbocycles. The average Bonchev–Trinajstić information content (AvgIpc) is 2.66. The van der Waals surface area contributed by atoms with E-state index in [1.165, 1.54) is 23.5 Å². The lowest BCUT2D eigenvalue weighted by atomic mass is 10.0. The van der Waals surface area contributed by atoms with Crippen molar-refractivity contribution in [2.75, 3.05) is 0 Å². The summed E-state index contributed by atoms with van der Waals surface area (Å²) in [6.45, 7) is 1.76. The summed E-state index contributed by atoms with van der Waals surface area (Å²) in [5, 5.41) is 0. The minimum atomic E-state index is -4.50. The molecule has 2 rings (SSSR count). The van der Waals surface area contributed by atoms with Crippen molar-refractivity contribution in [2.24, 2.45) is 0 Å². The normalized spacial score (nSPS) is 11.7. The molecule has 0 aliphatic heterocycles. The summed E-state index contributed by atoms with van der Waals surface area (Å²) in [6, 6.07) is 5.12. The van der Waals surface area contributed by atoms with Gasteiger partial charge in [0.15, 0.2) is 5.78 Å². The van der Waals surface area contributed by atoms with Crippen LogP contribution in [0.4, 0.5) is 13.2 Å². The molecule has 0 aliphatic rings. The van der Waals surface area contributed by atoms with E-state index in [0.29, 0.717) is 5.56 Å². The van der Waals surface area contributed by atoms with E-state index in [1.54, 1.807) is 13.0 Å². The number of thiophene rings is 1. The van der Waals surface area contributed by atoms with Gasteiger partial charge in [0.2, 0.25) is 0 Å². The van der Waals surface area contributed by atoms with Gasteiger partial charge in [-0.05, 0) is 47.1 Å². The van der Waals surface area contributed by atoms with Crippen molar-refractivity contribution in [1.82, 2.24) is 0 Å². The zero-order valence-electron chi connectivity index (χ0n) is 10.0. The molecular weight excluding hydrogens is 421 g/mol. The van der Waals surface area contributed by atoms with E-state index in [0.717, 1.165) is 14.7 Å². The topological polar surface area (TPSA) is 17.1 Å². The Balaban J connectivity index is 2.49. The molecule has 0 unspecified atom stereocenters. The van der Waals surface area contributed by atoms with Gasteiger partial charge in [-0.25, -0.2) is 0 Å². The number of carbonyl (C=O) groups excluding carboxylic acids is 1. The zero-order chi connectivity index (χ0) is 15.1. The molecule has 0 spiro atoms. The molecule has 1 aromatic heterocycles. The lowest BCUT2D eigenvalue weighted by Crippen LogP contribution is -2.09. The summed E-state index contributed by atoms with van der Waals surface area (Å²) < 4.78 is 39.2. The van der Waals surface area contributed by atoms with Crippen LogP contribution in [0.25, 0.3) is 0 Å². The maximum atomic E-state index is 12.8. The summed E-state index contributed by atoms with van der Waals surface area (Å²) in [5.74, 6) is -0.414. The molecule has 7 heteroatoms. The van der Waals surface area contributed by atoms with E-state index in [1.807, 2.05) is 0 Å². The predicted molar refractivity (Wildman–Crippen MR) is 79.3 cm³/mol. The van der Waals surface area contributed by atoms with Crippen molar-refractivity contribution in [1.29, 1.82) is 0 Å². The number of benzene rings is 1.